The average Bonchev–Trinajstić information content (AvgIpc) is 2.92. The van der Waals surface area contributed by atoms with Crippen LogP contribution >= 0.6 is 0 Å². The van der Waals surface area contributed by atoms with Crippen LogP contribution in [0.25, 0.3) is 5.57 Å². The average molecular weight is 475 g/mol. The molecule has 0 aliphatic heterocycles. The fraction of sp³-hybridized carbons (Fsp3) is 0.278. The molecule has 0 fully saturated rings. The molecule has 3 aliphatic carbocycles. The predicted octanol–water partition coefficient (Wildman–Crippen LogP) is 10.6. The summed E-state index contributed by atoms with van der Waals surface area (Å²) in [5.74, 6) is 0.660. The molecule has 3 aliphatic rings. The van der Waals surface area contributed by atoms with E-state index < -0.39 is 0 Å². The summed E-state index contributed by atoms with van der Waals surface area (Å²) in [5.41, 5.74) is 11.5. The van der Waals surface area contributed by atoms with Gasteiger partial charge in [0.15, 0.2) is 0 Å². The van der Waals surface area contributed by atoms with Crippen LogP contribution < -0.4 is 0 Å². The second kappa shape index (κ2) is 14.2. The van der Waals surface area contributed by atoms with Gasteiger partial charge in [0, 0.05) is 0 Å². The summed E-state index contributed by atoms with van der Waals surface area (Å²) in [4.78, 5) is 0. The summed E-state index contributed by atoms with van der Waals surface area (Å²) in [6, 6.07) is 10.9. The third-order valence-electron chi connectivity index (χ3n) is 7.15. The molecule has 0 heteroatoms. The van der Waals surface area contributed by atoms with Gasteiger partial charge >= 0.3 is 0 Å². The van der Waals surface area contributed by atoms with Gasteiger partial charge in [0.1, 0.15) is 0 Å². The summed E-state index contributed by atoms with van der Waals surface area (Å²) in [7, 11) is 0. The first-order valence-electron chi connectivity index (χ1n) is 13.4. The van der Waals surface area contributed by atoms with Crippen molar-refractivity contribution in [2.45, 2.75) is 59.8 Å². The molecule has 1 aromatic carbocycles. The van der Waals surface area contributed by atoms with E-state index in [1.807, 2.05) is 31.2 Å². The van der Waals surface area contributed by atoms with Gasteiger partial charge in [-0.15, -0.1) is 0 Å². The van der Waals surface area contributed by atoms with Crippen LogP contribution in [0.15, 0.2) is 143 Å². The maximum atomic E-state index is 3.51. The van der Waals surface area contributed by atoms with E-state index in [1.165, 1.54) is 51.0 Å². The van der Waals surface area contributed by atoms with E-state index in [9.17, 15) is 0 Å². The first kappa shape index (κ1) is 27.2. The van der Waals surface area contributed by atoms with Gasteiger partial charge < -0.3 is 0 Å². The van der Waals surface area contributed by atoms with E-state index in [0.29, 0.717) is 5.92 Å². The Bertz CT molecular complexity index is 1180. The molecule has 1 aromatic rings. The Kier molecular flexibility index (Phi) is 10.8. The summed E-state index contributed by atoms with van der Waals surface area (Å²) < 4.78 is 0. The number of benzene rings is 1. The normalized spacial score (nSPS) is 20.4. The lowest BCUT2D eigenvalue weighted by molar-refractivity contribution is 0.660. The molecule has 0 saturated heterocycles. The molecule has 4 rings (SSSR count). The van der Waals surface area contributed by atoms with Gasteiger partial charge in [-0.1, -0.05) is 122 Å². The van der Waals surface area contributed by atoms with E-state index in [1.54, 1.807) is 6.08 Å². The molecule has 0 heterocycles. The molecule has 0 saturated carbocycles. The molecule has 0 radical (unpaired) electrons. The molecule has 0 amide bonds. The van der Waals surface area contributed by atoms with E-state index in [0.717, 1.165) is 25.7 Å². The largest absolute Gasteiger partial charge is 0.0991 e. The summed E-state index contributed by atoms with van der Waals surface area (Å²) in [6.45, 7) is 12.4. The van der Waals surface area contributed by atoms with Crippen LogP contribution in [-0.2, 0) is 0 Å². The van der Waals surface area contributed by atoms with Crippen LogP contribution in [0.3, 0.4) is 0 Å². The lowest BCUT2D eigenvalue weighted by Crippen LogP contribution is -2.07. The zero-order valence-corrected chi connectivity index (χ0v) is 22.6. The van der Waals surface area contributed by atoms with Gasteiger partial charge in [-0.3, -0.25) is 0 Å². The van der Waals surface area contributed by atoms with E-state index in [4.69, 9.17) is 0 Å². The number of allylic oxidation sites excluding steroid dienone is 19. The van der Waals surface area contributed by atoms with Gasteiger partial charge in [-0.2, -0.15) is 0 Å². The highest BCUT2D eigenvalue weighted by Crippen LogP contribution is 2.39. The van der Waals surface area contributed by atoms with Crippen molar-refractivity contribution >= 4 is 5.57 Å². The van der Waals surface area contributed by atoms with Crippen molar-refractivity contribution < 1.29 is 0 Å². The highest BCUT2D eigenvalue weighted by Gasteiger charge is 2.20. The van der Waals surface area contributed by atoms with Crippen LogP contribution in [0.1, 0.15) is 65.4 Å². The molecule has 0 N–H and O–H groups in total. The second-order valence-corrected chi connectivity index (χ2v) is 9.74. The molecule has 186 valence electrons. The Morgan fingerprint density at radius 1 is 0.917 bits per heavy atom. The van der Waals surface area contributed by atoms with E-state index >= 15 is 0 Å². The van der Waals surface area contributed by atoms with Gasteiger partial charge in [-0.05, 0) is 97.8 Å². The third-order valence-corrected chi connectivity index (χ3v) is 7.15. The Morgan fingerprint density at radius 2 is 1.69 bits per heavy atom. The first-order valence-corrected chi connectivity index (χ1v) is 13.4. The van der Waals surface area contributed by atoms with Crippen LogP contribution in [0.4, 0.5) is 0 Å². The Morgan fingerprint density at radius 3 is 2.31 bits per heavy atom. The lowest BCUT2D eigenvalue weighted by atomic mass is 9.80. The van der Waals surface area contributed by atoms with Crippen LogP contribution in [0.2, 0.25) is 0 Å². The molecule has 0 unspecified atom stereocenters. The van der Waals surface area contributed by atoms with Gasteiger partial charge in [0.25, 0.3) is 0 Å². The quantitative estimate of drug-likeness (QED) is 0.360. The fourth-order valence-electron chi connectivity index (χ4n) is 4.84. The van der Waals surface area contributed by atoms with Crippen LogP contribution in [0, 0.1) is 5.92 Å². The van der Waals surface area contributed by atoms with Crippen molar-refractivity contribution in [3.63, 3.8) is 0 Å². The molecule has 0 spiro atoms. The number of hydrogen-bond acceptors (Lipinski definition) is 0. The number of hydrogen-bond donors (Lipinski definition) is 0. The summed E-state index contributed by atoms with van der Waals surface area (Å²) in [5, 5.41) is 0. The highest BCUT2D eigenvalue weighted by molar-refractivity contribution is 5.85. The van der Waals surface area contributed by atoms with Crippen molar-refractivity contribution in [3.05, 3.63) is 149 Å². The standard InChI is InChI=1S/C29H32.C7H10/c1-21-14-15-28(20-22(21)2)25-16-18-27(19-17-25)29(26-12-8-5-9-13-26)23(3)24-10-6-4-7-11-24;1-3-5-7-6-4-2/h5-6,8-16,18,22H,4,7,17,19-20H2,1-3H3;3-7H,1H2,2H3/b29-23-;6-4-,7-5-/t22-;/m0./s1. The van der Waals surface area contributed by atoms with E-state index in [2.05, 4.69) is 100 Å². The van der Waals surface area contributed by atoms with Crippen molar-refractivity contribution in [2.75, 3.05) is 0 Å². The molecular weight excluding hydrogens is 432 g/mol. The second-order valence-electron chi connectivity index (χ2n) is 9.74. The SMILES string of the molecule is C=C/C=C\C=C/C.CC1=CC=C(C2=CC=C(/C(=C(/C)C3=CCCC=C3)c3ccccc3)CC2)C[C@@H]1C. The minimum absolute atomic E-state index is 0.660. The molecule has 36 heavy (non-hydrogen) atoms. The summed E-state index contributed by atoms with van der Waals surface area (Å²) >= 11 is 0. The van der Waals surface area contributed by atoms with Crippen LogP contribution in [-0.4, -0.2) is 0 Å². The Labute approximate surface area is 219 Å². The van der Waals surface area contributed by atoms with Crippen molar-refractivity contribution in [2.24, 2.45) is 5.92 Å². The Balaban J connectivity index is 0.000000454. The van der Waals surface area contributed by atoms with Gasteiger partial charge in [0.05, 0.1) is 0 Å². The summed E-state index contributed by atoms with van der Waals surface area (Å²) in [6.07, 6.45) is 31.7. The van der Waals surface area contributed by atoms with E-state index in [-0.39, 0.29) is 0 Å². The molecular formula is C36H42. The zero-order chi connectivity index (χ0) is 25.8. The topological polar surface area (TPSA) is 0 Å². The molecule has 0 nitrogen and oxygen atoms in total. The maximum absolute atomic E-state index is 3.51. The third kappa shape index (κ3) is 7.56. The minimum atomic E-state index is 0.660. The Hall–Kier alpha value is -3.38. The highest BCUT2D eigenvalue weighted by atomic mass is 14.2. The monoisotopic (exact) mass is 474 g/mol. The van der Waals surface area contributed by atoms with Gasteiger partial charge in [0.2, 0.25) is 0 Å². The van der Waals surface area contributed by atoms with Crippen molar-refractivity contribution in [3.8, 4) is 0 Å². The number of rotatable bonds is 6. The molecule has 1 atom stereocenters. The van der Waals surface area contributed by atoms with Crippen molar-refractivity contribution in [1.29, 1.82) is 0 Å². The lowest BCUT2D eigenvalue weighted by Gasteiger charge is -2.25. The maximum Gasteiger partial charge on any atom is -0.0117 e. The first-order chi connectivity index (χ1) is 17.5. The van der Waals surface area contributed by atoms with Crippen molar-refractivity contribution in [1.82, 2.24) is 0 Å². The fourth-order valence-corrected chi connectivity index (χ4v) is 4.84. The van der Waals surface area contributed by atoms with Gasteiger partial charge in [-0.25, -0.2) is 0 Å². The van der Waals surface area contributed by atoms with Crippen LogP contribution in [0.5, 0.6) is 0 Å². The minimum Gasteiger partial charge on any atom is -0.0991 e. The molecule has 0 bridgehead atoms. The molecule has 0 aromatic heterocycles. The smallest absolute Gasteiger partial charge is 0.0117 e. The predicted molar refractivity (Wildman–Crippen MR) is 161 cm³/mol. The zero-order valence-electron chi connectivity index (χ0n) is 22.6.